The third-order valence-electron chi connectivity index (χ3n) is 6.45. The van der Waals surface area contributed by atoms with Gasteiger partial charge in [0.15, 0.2) is 5.78 Å². The lowest BCUT2D eigenvalue weighted by molar-refractivity contribution is -0.128. The van der Waals surface area contributed by atoms with Gasteiger partial charge in [0.05, 0.1) is 6.10 Å². The number of phenols is 1. The second kappa shape index (κ2) is 9.16. The molecule has 0 unspecified atom stereocenters. The number of Topliss-reactive ketones (excluding diaryl/α,β-unsaturated/α-hetero) is 1. The van der Waals surface area contributed by atoms with E-state index in [1.807, 2.05) is 6.92 Å². The Bertz CT molecular complexity index is 816. The monoisotopic (exact) mass is 416 g/mol. The Kier molecular flexibility index (Phi) is 6.81. The van der Waals surface area contributed by atoms with E-state index < -0.39 is 12.1 Å². The van der Waals surface area contributed by atoms with Gasteiger partial charge in [0.25, 0.3) is 5.91 Å². The van der Waals surface area contributed by atoms with Crippen molar-refractivity contribution in [3.8, 4) is 5.75 Å². The molecule has 0 radical (unpaired) electrons. The molecule has 2 aliphatic rings. The van der Waals surface area contributed by atoms with E-state index in [0.717, 1.165) is 25.7 Å². The lowest BCUT2D eigenvalue weighted by Gasteiger charge is -2.30. The molecule has 2 amide bonds. The molecule has 30 heavy (non-hydrogen) atoms. The van der Waals surface area contributed by atoms with Gasteiger partial charge in [0.1, 0.15) is 24.4 Å². The molecule has 1 saturated carbocycles. The predicted octanol–water partition coefficient (Wildman–Crippen LogP) is 2.50. The minimum absolute atomic E-state index is 0.00580. The first-order chi connectivity index (χ1) is 14.2. The fourth-order valence-corrected chi connectivity index (χ4v) is 4.50. The summed E-state index contributed by atoms with van der Waals surface area (Å²) in [7, 11) is 0. The van der Waals surface area contributed by atoms with Gasteiger partial charge in [-0.3, -0.25) is 14.4 Å². The minimum atomic E-state index is -0.750. The largest absolute Gasteiger partial charge is 0.508 e. The number of nitrogens with one attached hydrogen (secondary N) is 2. The highest BCUT2D eigenvalue weighted by molar-refractivity contribution is 5.99. The van der Waals surface area contributed by atoms with Crippen LogP contribution in [0.3, 0.4) is 0 Å². The number of aromatic hydroxyl groups is 1. The number of hydrogen-bond donors (Lipinski definition) is 3. The van der Waals surface area contributed by atoms with E-state index in [-0.39, 0.29) is 41.5 Å². The number of hydrogen-bond acceptors (Lipinski definition) is 5. The van der Waals surface area contributed by atoms with Crippen LogP contribution < -0.4 is 10.6 Å². The van der Waals surface area contributed by atoms with E-state index in [1.165, 1.54) is 6.07 Å². The number of carbonyl (C=O) groups excluding carboxylic acids is 3. The molecule has 1 aliphatic heterocycles. The van der Waals surface area contributed by atoms with Gasteiger partial charge in [-0.1, -0.05) is 26.7 Å². The zero-order valence-electron chi connectivity index (χ0n) is 18.0. The first-order valence-electron chi connectivity index (χ1n) is 10.8. The first-order valence-corrected chi connectivity index (χ1v) is 10.8. The number of carbonyl (C=O) groups is 3. The fourth-order valence-electron chi connectivity index (χ4n) is 4.50. The van der Waals surface area contributed by atoms with Crippen LogP contribution in [-0.4, -0.2) is 47.5 Å². The summed E-state index contributed by atoms with van der Waals surface area (Å²) in [6, 6.07) is 3.26. The summed E-state index contributed by atoms with van der Waals surface area (Å²) in [5, 5.41) is 15.5. The van der Waals surface area contributed by atoms with Crippen LogP contribution in [0.1, 0.15) is 68.8 Å². The maximum atomic E-state index is 13.1. The van der Waals surface area contributed by atoms with Crippen LogP contribution in [0.25, 0.3) is 0 Å². The van der Waals surface area contributed by atoms with Crippen molar-refractivity contribution in [2.75, 3.05) is 6.61 Å². The molecule has 0 aromatic heterocycles. The third kappa shape index (κ3) is 5.01. The van der Waals surface area contributed by atoms with Crippen molar-refractivity contribution in [3.63, 3.8) is 0 Å². The molecule has 3 atom stereocenters. The number of aryl methyl sites for hydroxylation is 1. The van der Waals surface area contributed by atoms with Gasteiger partial charge in [-0.15, -0.1) is 0 Å². The molecular formula is C23H32N2O5. The fraction of sp³-hybridized carbons (Fsp3) is 0.609. The van der Waals surface area contributed by atoms with Gasteiger partial charge in [-0.2, -0.15) is 0 Å². The summed E-state index contributed by atoms with van der Waals surface area (Å²) in [5.41, 5.74) is 1.04. The highest BCUT2D eigenvalue weighted by Crippen LogP contribution is 2.41. The van der Waals surface area contributed by atoms with Crippen molar-refractivity contribution in [2.45, 2.75) is 77.5 Å². The van der Waals surface area contributed by atoms with Crippen molar-refractivity contribution in [1.82, 2.24) is 10.6 Å². The topological polar surface area (TPSA) is 105 Å². The van der Waals surface area contributed by atoms with E-state index in [0.29, 0.717) is 24.0 Å². The lowest BCUT2D eigenvalue weighted by atomic mass is 9.81. The molecule has 164 valence electrons. The van der Waals surface area contributed by atoms with Gasteiger partial charge in [0, 0.05) is 5.56 Å². The van der Waals surface area contributed by atoms with Gasteiger partial charge in [0.2, 0.25) is 5.91 Å². The van der Waals surface area contributed by atoms with Crippen LogP contribution in [0, 0.1) is 5.41 Å². The van der Waals surface area contributed by atoms with E-state index in [1.54, 1.807) is 19.1 Å². The Balaban J connectivity index is 1.77. The number of amides is 2. The van der Waals surface area contributed by atoms with E-state index in [4.69, 9.17) is 4.74 Å². The van der Waals surface area contributed by atoms with Crippen LogP contribution in [0.15, 0.2) is 18.2 Å². The molecule has 1 aromatic carbocycles. The standard InChI is InChI=1S/C23H32N2O5/c1-4-15-11-16(7-8-18(15)26)21(28)24-17(12-23(3)9-5-6-10-23)22(29)25-20-14(2)30-13-19(20)27/h7-8,11,14,17,20,26H,4-6,9-10,12-13H2,1-3H3,(H,24,28)(H,25,29)/t14-,17-,20-/m0/s1. The van der Waals surface area contributed by atoms with E-state index in [9.17, 15) is 19.5 Å². The Labute approximate surface area is 177 Å². The quantitative estimate of drug-likeness (QED) is 0.633. The van der Waals surface area contributed by atoms with Crippen molar-refractivity contribution in [3.05, 3.63) is 29.3 Å². The van der Waals surface area contributed by atoms with Crippen molar-refractivity contribution >= 4 is 17.6 Å². The van der Waals surface area contributed by atoms with Gasteiger partial charge in [-0.05, 0) is 61.8 Å². The molecule has 3 rings (SSSR count). The van der Waals surface area contributed by atoms with Crippen LogP contribution in [0.4, 0.5) is 0 Å². The van der Waals surface area contributed by atoms with Gasteiger partial charge in [-0.25, -0.2) is 0 Å². The number of ether oxygens (including phenoxy) is 1. The Morgan fingerprint density at radius 2 is 2.00 bits per heavy atom. The lowest BCUT2D eigenvalue weighted by Crippen LogP contribution is -2.54. The van der Waals surface area contributed by atoms with Crippen LogP contribution in [0.2, 0.25) is 0 Å². The minimum Gasteiger partial charge on any atom is -0.508 e. The molecule has 1 saturated heterocycles. The van der Waals surface area contributed by atoms with Crippen molar-refractivity contribution in [1.29, 1.82) is 0 Å². The van der Waals surface area contributed by atoms with Gasteiger partial charge >= 0.3 is 0 Å². The molecule has 3 N–H and O–H groups in total. The Morgan fingerprint density at radius 1 is 1.30 bits per heavy atom. The average molecular weight is 417 g/mol. The average Bonchev–Trinajstić information content (AvgIpc) is 3.28. The first kappa shape index (κ1) is 22.3. The summed E-state index contributed by atoms with van der Waals surface area (Å²) in [6.07, 6.45) is 4.96. The SMILES string of the molecule is CCc1cc(C(=O)N[C@@H](CC2(C)CCCC2)C(=O)N[C@@H]2C(=O)CO[C@H]2C)ccc1O. The maximum absolute atomic E-state index is 13.1. The molecular weight excluding hydrogens is 384 g/mol. The normalized spacial score (nSPS) is 23.9. The highest BCUT2D eigenvalue weighted by atomic mass is 16.5. The summed E-state index contributed by atoms with van der Waals surface area (Å²) in [5.74, 6) is -0.732. The molecule has 7 heteroatoms. The molecule has 1 heterocycles. The number of rotatable bonds is 7. The van der Waals surface area contributed by atoms with Crippen molar-refractivity contribution < 1.29 is 24.2 Å². The summed E-state index contributed by atoms with van der Waals surface area (Å²) < 4.78 is 5.32. The molecule has 1 aromatic rings. The highest BCUT2D eigenvalue weighted by Gasteiger charge is 2.39. The number of ketones is 1. The molecule has 0 spiro atoms. The zero-order valence-corrected chi connectivity index (χ0v) is 18.0. The summed E-state index contributed by atoms with van der Waals surface area (Å²) in [6.45, 7) is 5.79. The number of phenolic OH excluding ortho intramolecular Hbond substituents is 1. The third-order valence-corrected chi connectivity index (χ3v) is 6.45. The maximum Gasteiger partial charge on any atom is 0.251 e. The van der Waals surface area contributed by atoms with Crippen LogP contribution in [-0.2, 0) is 20.7 Å². The zero-order chi connectivity index (χ0) is 21.9. The predicted molar refractivity (Wildman–Crippen MR) is 112 cm³/mol. The van der Waals surface area contributed by atoms with Gasteiger partial charge < -0.3 is 20.5 Å². The van der Waals surface area contributed by atoms with Crippen LogP contribution in [0.5, 0.6) is 5.75 Å². The smallest absolute Gasteiger partial charge is 0.251 e. The molecule has 0 bridgehead atoms. The van der Waals surface area contributed by atoms with Crippen molar-refractivity contribution in [2.24, 2.45) is 5.41 Å². The number of benzene rings is 1. The Hall–Kier alpha value is -2.41. The molecule has 2 fully saturated rings. The van der Waals surface area contributed by atoms with E-state index in [2.05, 4.69) is 17.6 Å². The second-order valence-electron chi connectivity index (χ2n) is 8.91. The second-order valence-corrected chi connectivity index (χ2v) is 8.91. The summed E-state index contributed by atoms with van der Waals surface area (Å²) in [4.78, 5) is 38.1. The van der Waals surface area contributed by atoms with Crippen LogP contribution >= 0.6 is 0 Å². The summed E-state index contributed by atoms with van der Waals surface area (Å²) >= 11 is 0. The van der Waals surface area contributed by atoms with E-state index >= 15 is 0 Å². The molecule has 7 nitrogen and oxygen atoms in total. The molecule has 1 aliphatic carbocycles. The Morgan fingerprint density at radius 3 is 2.60 bits per heavy atom.